The highest BCUT2D eigenvalue weighted by Crippen LogP contribution is 2.08. The average Bonchev–Trinajstić information content (AvgIpc) is 2.35. The number of nitrogens with zero attached hydrogens (tertiary/aromatic N) is 2. The number of halogens is 3. The third kappa shape index (κ3) is 6.72. The summed E-state index contributed by atoms with van der Waals surface area (Å²) in [7, 11) is 2.13. The van der Waals surface area contributed by atoms with Crippen LogP contribution in [0.1, 0.15) is 5.56 Å². The molecule has 0 aromatic heterocycles. The van der Waals surface area contributed by atoms with Crippen molar-refractivity contribution in [2.45, 2.75) is 6.42 Å². The van der Waals surface area contributed by atoms with E-state index in [1.165, 1.54) is 3.57 Å². The molecular weight excluding hydrogens is 410 g/mol. The largest absolute Gasteiger partial charge is 0.304 e. The predicted octanol–water partition coefficient (Wildman–Crippen LogP) is 2.49. The third-order valence-electron chi connectivity index (χ3n) is 3.31. The number of ketones is 1. The van der Waals surface area contributed by atoms with E-state index in [0.717, 1.165) is 31.7 Å². The minimum absolute atomic E-state index is 0. The highest BCUT2D eigenvalue weighted by atomic mass is 127. The predicted molar refractivity (Wildman–Crippen MR) is 96.3 cm³/mol. The lowest BCUT2D eigenvalue weighted by Crippen LogP contribution is -2.46. The Labute approximate surface area is 147 Å². The number of carbonyl (C=O) groups is 1. The molecule has 0 saturated carbocycles. The van der Waals surface area contributed by atoms with E-state index < -0.39 is 0 Å². The van der Waals surface area contributed by atoms with Gasteiger partial charge in [-0.25, -0.2) is 0 Å². The van der Waals surface area contributed by atoms with Crippen LogP contribution in [0.2, 0.25) is 0 Å². The maximum absolute atomic E-state index is 12.0. The van der Waals surface area contributed by atoms with Crippen molar-refractivity contribution in [3.63, 3.8) is 0 Å². The summed E-state index contributed by atoms with van der Waals surface area (Å²) in [6, 6.07) is 8.20. The number of rotatable bonds is 4. The molecule has 114 valence electrons. The zero-order valence-corrected chi connectivity index (χ0v) is 15.3. The van der Waals surface area contributed by atoms with Gasteiger partial charge in [0.25, 0.3) is 0 Å². The summed E-state index contributed by atoms with van der Waals surface area (Å²) in [6.07, 6.45) is 0.559. The molecule has 0 amide bonds. The standard InChI is InChI=1S/C14H19IN2O.2ClH/c1-16-6-8-17(9-7-16)11-14(18)10-12-2-4-13(15)5-3-12;;/h2-5H,6-11H2,1H3;2*1H. The van der Waals surface area contributed by atoms with Crippen LogP contribution in [-0.2, 0) is 11.2 Å². The Balaban J connectivity index is 0.00000180. The smallest absolute Gasteiger partial charge is 0.151 e. The van der Waals surface area contributed by atoms with Crippen LogP contribution in [0.5, 0.6) is 0 Å². The van der Waals surface area contributed by atoms with Gasteiger partial charge in [-0.1, -0.05) is 12.1 Å². The molecule has 0 spiro atoms. The quantitative estimate of drug-likeness (QED) is 0.685. The molecule has 1 aromatic carbocycles. The lowest BCUT2D eigenvalue weighted by molar-refractivity contribution is -0.119. The summed E-state index contributed by atoms with van der Waals surface area (Å²) in [5.41, 5.74) is 1.12. The number of piperazine rings is 1. The van der Waals surface area contributed by atoms with Crippen molar-refractivity contribution in [3.8, 4) is 0 Å². The maximum Gasteiger partial charge on any atom is 0.151 e. The Morgan fingerprint density at radius 2 is 1.65 bits per heavy atom. The molecule has 0 N–H and O–H groups in total. The number of Topliss-reactive ketones (excluding diaryl/α,β-unsaturated/α-hetero) is 1. The Hall–Kier alpha value is 0.120. The van der Waals surface area contributed by atoms with Crippen LogP contribution < -0.4 is 0 Å². The molecule has 0 atom stereocenters. The van der Waals surface area contributed by atoms with Crippen molar-refractivity contribution in [2.75, 3.05) is 39.8 Å². The van der Waals surface area contributed by atoms with E-state index in [9.17, 15) is 4.79 Å². The van der Waals surface area contributed by atoms with Gasteiger partial charge in [0, 0.05) is 36.2 Å². The molecule has 1 aromatic rings. The highest BCUT2D eigenvalue weighted by molar-refractivity contribution is 14.1. The second kappa shape index (κ2) is 9.95. The highest BCUT2D eigenvalue weighted by Gasteiger charge is 2.16. The molecule has 1 aliphatic heterocycles. The Morgan fingerprint density at radius 1 is 1.10 bits per heavy atom. The lowest BCUT2D eigenvalue weighted by Gasteiger charge is -2.31. The Morgan fingerprint density at radius 3 is 2.20 bits per heavy atom. The lowest BCUT2D eigenvalue weighted by atomic mass is 10.1. The number of carbonyl (C=O) groups excluding carboxylic acids is 1. The first-order chi connectivity index (χ1) is 8.63. The van der Waals surface area contributed by atoms with Crippen LogP contribution in [0.25, 0.3) is 0 Å². The van der Waals surface area contributed by atoms with Crippen molar-refractivity contribution in [2.24, 2.45) is 0 Å². The van der Waals surface area contributed by atoms with Crippen LogP contribution in [0, 0.1) is 3.57 Å². The second-order valence-electron chi connectivity index (χ2n) is 4.92. The van der Waals surface area contributed by atoms with Gasteiger partial charge in [0.15, 0.2) is 5.78 Å². The molecule has 3 nitrogen and oxygen atoms in total. The monoisotopic (exact) mass is 430 g/mol. The summed E-state index contributed by atoms with van der Waals surface area (Å²) in [4.78, 5) is 16.6. The van der Waals surface area contributed by atoms with Crippen LogP contribution >= 0.6 is 47.4 Å². The summed E-state index contributed by atoms with van der Waals surface area (Å²) >= 11 is 2.28. The molecule has 1 heterocycles. The number of benzene rings is 1. The first-order valence-corrected chi connectivity index (χ1v) is 7.38. The van der Waals surface area contributed by atoms with Crippen molar-refractivity contribution >= 4 is 53.2 Å². The van der Waals surface area contributed by atoms with Crippen molar-refractivity contribution in [1.29, 1.82) is 0 Å². The van der Waals surface area contributed by atoms with Gasteiger partial charge >= 0.3 is 0 Å². The molecule has 20 heavy (non-hydrogen) atoms. The van der Waals surface area contributed by atoms with E-state index in [4.69, 9.17) is 0 Å². The van der Waals surface area contributed by atoms with Crippen LogP contribution in [-0.4, -0.2) is 55.4 Å². The summed E-state index contributed by atoms with van der Waals surface area (Å²) in [5, 5.41) is 0. The van der Waals surface area contributed by atoms with Gasteiger partial charge in [0.2, 0.25) is 0 Å². The molecule has 0 unspecified atom stereocenters. The normalized spacial score (nSPS) is 16.1. The van der Waals surface area contributed by atoms with E-state index in [2.05, 4.69) is 51.6 Å². The molecule has 1 fully saturated rings. The van der Waals surface area contributed by atoms with E-state index in [1.807, 2.05) is 12.1 Å². The molecule has 0 radical (unpaired) electrons. The van der Waals surface area contributed by atoms with E-state index in [1.54, 1.807) is 0 Å². The zero-order chi connectivity index (χ0) is 13.0. The molecular formula is C14H21Cl2IN2O. The van der Waals surface area contributed by atoms with E-state index in [0.29, 0.717) is 18.7 Å². The van der Waals surface area contributed by atoms with Gasteiger partial charge in [0.1, 0.15) is 0 Å². The zero-order valence-electron chi connectivity index (χ0n) is 11.5. The Kier molecular flexibility index (Phi) is 10.0. The van der Waals surface area contributed by atoms with Gasteiger partial charge in [-0.2, -0.15) is 0 Å². The van der Waals surface area contributed by atoms with Crippen LogP contribution in [0.3, 0.4) is 0 Å². The fourth-order valence-electron chi connectivity index (χ4n) is 2.14. The summed E-state index contributed by atoms with van der Waals surface area (Å²) in [5.74, 6) is 0.320. The van der Waals surface area contributed by atoms with Gasteiger partial charge in [-0.05, 0) is 47.3 Å². The first kappa shape index (κ1) is 20.1. The van der Waals surface area contributed by atoms with Gasteiger partial charge in [-0.15, -0.1) is 24.8 Å². The van der Waals surface area contributed by atoms with Crippen molar-refractivity contribution in [1.82, 2.24) is 9.80 Å². The van der Waals surface area contributed by atoms with Gasteiger partial charge in [-0.3, -0.25) is 9.69 Å². The van der Waals surface area contributed by atoms with Gasteiger partial charge < -0.3 is 4.90 Å². The van der Waals surface area contributed by atoms with Crippen LogP contribution in [0.15, 0.2) is 24.3 Å². The number of hydrogen-bond acceptors (Lipinski definition) is 3. The van der Waals surface area contributed by atoms with E-state index in [-0.39, 0.29) is 24.8 Å². The molecule has 1 saturated heterocycles. The summed E-state index contributed by atoms with van der Waals surface area (Å²) in [6.45, 7) is 4.75. The van der Waals surface area contributed by atoms with E-state index >= 15 is 0 Å². The van der Waals surface area contributed by atoms with Crippen LogP contribution in [0.4, 0.5) is 0 Å². The second-order valence-corrected chi connectivity index (χ2v) is 6.17. The minimum atomic E-state index is 0. The maximum atomic E-state index is 12.0. The average molecular weight is 431 g/mol. The van der Waals surface area contributed by atoms with Crippen molar-refractivity contribution < 1.29 is 4.79 Å². The fourth-order valence-corrected chi connectivity index (χ4v) is 2.50. The molecule has 6 heteroatoms. The van der Waals surface area contributed by atoms with Crippen molar-refractivity contribution in [3.05, 3.63) is 33.4 Å². The molecule has 0 aliphatic carbocycles. The fraction of sp³-hybridized carbons (Fsp3) is 0.500. The number of hydrogen-bond donors (Lipinski definition) is 0. The topological polar surface area (TPSA) is 23.6 Å². The molecule has 2 rings (SSSR count). The number of likely N-dealkylation sites (N-methyl/N-ethyl adjacent to an activating group) is 1. The first-order valence-electron chi connectivity index (χ1n) is 6.30. The SMILES string of the molecule is CN1CCN(CC(=O)Cc2ccc(I)cc2)CC1.Cl.Cl. The summed E-state index contributed by atoms with van der Waals surface area (Å²) < 4.78 is 1.21. The molecule has 0 bridgehead atoms. The van der Waals surface area contributed by atoms with Gasteiger partial charge in [0.05, 0.1) is 6.54 Å². The third-order valence-corrected chi connectivity index (χ3v) is 4.03. The Bertz CT molecular complexity index is 406. The minimum Gasteiger partial charge on any atom is -0.304 e. The molecule has 1 aliphatic rings.